The lowest BCUT2D eigenvalue weighted by Crippen LogP contribution is -2.19. The van der Waals surface area contributed by atoms with Gasteiger partial charge in [0.2, 0.25) is 0 Å². The maximum atomic E-state index is 10.7. The molecule has 52 valence electrons. The van der Waals surface area contributed by atoms with Crippen molar-refractivity contribution in [1.82, 2.24) is 0 Å². The van der Waals surface area contributed by atoms with Crippen LogP contribution in [0.3, 0.4) is 0 Å². The summed E-state index contributed by atoms with van der Waals surface area (Å²) in [6, 6.07) is 0. The van der Waals surface area contributed by atoms with Gasteiger partial charge in [0, 0.05) is 6.42 Å². The Hall–Kier alpha value is -0.410. The zero-order chi connectivity index (χ0) is 6.85. The zero-order valence-corrected chi connectivity index (χ0v) is 5.33. The summed E-state index contributed by atoms with van der Waals surface area (Å²) < 4.78 is 5.02. The molecule has 1 saturated heterocycles. The summed E-state index contributed by atoms with van der Waals surface area (Å²) in [5, 5.41) is 8.51. The van der Waals surface area contributed by atoms with Crippen LogP contribution in [-0.2, 0) is 9.53 Å². The number of carbonyl (C=O) groups is 1. The molecule has 9 heavy (non-hydrogen) atoms. The van der Waals surface area contributed by atoms with E-state index in [1.165, 1.54) is 0 Å². The van der Waals surface area contributed by atoms with Crippen LogP contribution < -0.4 is 0 Å². The quantitative estimate of drug-likeness (QED) is 0.531. The zero-order valence-electron chi connectivity index (χ0n) is 5.33. The molecule has 1 N–H and O–H groups in total. The fourth-order valence-corrected chi connectivity index (χ4v) is 0.964. The highest BCUT2D eigenvalue weighted by atomic mass is 16.5. The Labute approximate surface area is 53.6 Å². The third-order valence-electron chi connectivity index (χ3n) is 1.41. The van der Waals surface area contributed by atoms with E-state index >= 15 is 0 Å². The summed E-state index contributed by atoms with van der Waals surface area (Å²) in [4.78, 5) is 10.7. The van der Waals surface area contributed by atoms with Crippen LogP contribution in [0.15, 0.2) is 0 Å². The molecular weight excluding hydrogens is 120 g/mol. The predicted molar refractivity (Wildman–Crippen MR) is 31.0 cm³/mol. The molecule has 2 atom stereocenters. The third kappa shape index (κ3) is 1.28. The highest BCUT2D eigenvalue weighted by molar-refractivity contribution is 5.85. The molecule has 0 bridgehead atoms. The van der Waals surface area contributed by atoms with Gasteiger partial charge in [0.25, 0.3) is 0 Å². The number of Topliss-reactive ketones (excluding diaryl/α,β-unsaturated/α-hetero) is 1. The van der Waals surface area contributed by atoms with Crippen LogP contribution in [0.1, 0.15) is 13.3 Å². The monoisotopic (exact) mass is 130 g/mol. The van der Waals surface area contributed by atoms with E-state index in [2.05, 4.69) is 0 Å². The maximum absolute atomic E-state index is 10.7. The van der Waals surface area contributed by atoms with Crippen molar-refractivity contribution in [2.24, 2.45) is 0 Å². The van der Waals surface area contributed by atoms with Gasteiger partial charge < -0.3 is 9.84 Å². The van der Waals surface area contributed by atoms with Gasteiger partial charge in [0.1, 0.15) is 6.10 Å². The molecule has 1 heterocycles. The minimum Gasteiger partial charge on any atom is -0.393 e. The Morgan fingerprint density at radius 2 is 2.56 bits per heavy atom. The van der Waals surface area contributed by atoms with Crippen molar-refractivity contribution in [3.63, 3.8) is 0 Å². The molecule has 0 aliphatic carbocycles. The van der Waals surface area contributed by atoms with Crippen molar-refractivity contribution in [3.05, 3.63) is 0 Å². The third-order valence-corrected chi connectivity index (χ3v) is 1.41. The molecule has 0 amide bonds. The maximum Gasteiger partial charge on any atom is 0.166 e. The molecule has 1 rings (SSSR count). The lowest BCUT2D eigenvalue weighted by Gasteiger charge is -2.03. The molecule has 0 aromatic carbocycles. The molecule has 0 aromatic rings. The summed E-state index contributed by atoms with van der Waals surface area (Å²) >= 11 is 0. The molecule has 0 saturated carbocycles. The number of hydrogen-bond acceptors (Lipinski definition) is 3. The van der Waals surface area contributed by atoms with Crippen molar-refractivity contribution in [2.75, 3.05) is 6.61 Å². The van der Waals surface area contributed by atoms with Crippen LogP contribution in [0.2, 0.25) is 0 Å². The Bertz CT molecular complexity index is 121. The van der Waals surface area contributed by atoms with Gasteiger partial charge in [-0.25, -0.2) is 0 Å². The Kier molecular flexibility index (Phi) is 1.83. The first-order chi connectivity index (χ1) is 4.24. The van der Waals surface area contributed by atoms with Gasteiger partial charge >= 0.3 is 0 Å². The Balaban J connectivity index is 2.48. The average Bonchev–Trinajstić information content (AvgIpc) is 2.10. The second kappa shape index (κ2) is 2.45. The van der Waals surface area contributed by atoms with E-state index in [-0.39, 0.29) is 18.5 Å². The van der Waals surface area contributed by atoms with Gasteiger partial charge in [-0.3, -0.25) is 4.79 Å². The molecule has 2 unspecified atom stereocenters. The van der Waals surface area contributed by atoms with Crippen LogP contribution in [-0.4, -0.2) is 29.7 Å². The number of aliphatic hydroxyl groups excluding tert-OH is 1. The van der Waals surface area contributed by atoms with Crippen molar-refractivity contribution in [2.45, 2.75) is 25.6 Å². The molecule has 3 nitrogen and oxygen atoms in total. The Morgan fingerprint density at radius 3 is 2.78 bits per heavy atom. The van der Waals surface area contributed by atoms with E-state index in [4.69, 9.17) is 9.84 Å². The molecule has 0 radical (unpaired) electrons. The van der Waals surface area contributed by atoms with Crippen LogP contribution >= 0.6 is 0 Å². The van der Waals surface area contributed by atoms with Crippen LogP contribution in [0.25, 0.3) is 0 Å². The van der Waals surface area contributed by atoms with E-state index in [0.29, 0.717) is 6.42 Å². The van der Waals surface area contributed by atoms with Crippen molar-refractivity contribution < 1.29 is 14.6 Å². The van der Waals surface area contributed by atoms with Gasteiger partial charge in [-0.15, -0.1) is 0 Å². The first-order valence-electron chi connectivity index (χ1n) is 3.03. The normalized spacial score (nSPS) is 35.6. The molecular formula is C6H10O3. The van der Waals surface area contributed by atoms with E-state index in [1.807, 2.05) is 6.92 Å². The molecule has 1 aliphatic heterocycles. The highest BCUT2D eigenvalue weighted by Gasteiger charge is 2.29. The van der Waals surface area contributed by atoms with Gasteiger partial charge in [0.05, 0.1) is 12.7 Å². The van der Waals surface area contributed by atoms with Crippen LogP contribution in [0, 0.1) is 0 Å². The summed E-state index contributed by atoms with van der Waals surface area (Å²) in [5.41, 5.74) is 0. The number of carbonyl (C=O) groups excluding carboxylic acids is 1. The van der Waals surface area contributed by atoms with Crippen LogP contribution in [0.4, 0.5) is 0 Å². The van der Waals surface area contributed by atoms with Crippen molar-refractivity contribution in [3.8, 4) is 0 Å². The fourth-order valence-electron chi connectivity index (χ4n) is 0.964. The average molecular weight is 130 g/mol. The minimum atomic E-state index is -0.542. The second-order valence-corrected chi connectivity index (χ2v) is 2.29. The smallest absolute Gasteiger partial charge is 0.166 e. The molecule has 0 aromatic heterocycles. The number of rotatable bonds is 1. The van der Waals surface area contributed by atoms with E-state index in [1.54, 1.807) is 0 Å². The summed E-state index contributed by atoms with van der Waals surface area (Å²) in [6.07, 6.45) is -0.0970. The van der Waals surface area contributed by atoms with Gasteiger partial charge in [0.15, 0.2) is 5.78 Å². The topological polar surface area (TPSA) is 46.5 Å². The number of hydrogen-bond donors (Lipinski definition) is 1. The SMILES string of the molecule is CC1CC(=O)C(CO)O1. The van der Waals surface area contributed by atoms with Gasteiger partial charge in [-0.05, 0) is 6.92 Å². The fraction of sp³-hybridized carbons (Fsp3) is 0.833. The minimum absolute atomic E-state index is 0.00495. The number of ketones is 1. The van der Waals surface area contributed by atoms with E-state index < -0.39 is 6.10 Å². The van der Waals surface area contributed by atoms with Crippen LogP contribution in [0.5, 0.6) is 0 Å². The summed E-state index contributed by atoms with van der Waals surface area (Å²) in [5.74, 6) is 0.0185. The van der Waals surface area contributed by atoms with Gasteiger partial charge in [-0.1, -0.05) is 0 Å². The van der Waals surface area contributed by atoms with Gasteiger partial charge in [-0.2, -0.15) is 0 Å². The predicted octanol–water partition coefficient (Wildman–Crippen LogP) is -0.275. The molecule has 1 fully saturated rings. The van der Waals surface area contributed by atoms with E-state index in [9.17, 15) is 4.79 Å². The second-order valence-electron chi connectivity index (χ2n) is 2.29. The molecule has 0 spiro atoms. The number of aliphatic hydroxyl groups is 1. The molecule has 1 aliphatic rings. The largest absolute Gasteiger partial charge is 0.393 e. The highest BCUT2D eigenvalue weighted by Crippen LogP contribution is 2.14. The first-order valence-corrected chi connectivity index (χ1v) is 3.03. The van der Waals surface area contributed by atoms with Crippen molar-refractivity contribution in [1.29, 1.82) is 0 Å². The van der Waals surface area contributed by atoms with E-state index in [0.717, 1.165) is 0 Å². The Morgan fingerprint density at radius 1 is 1.89 bits per heavy atom. The lowest BCUT2D eigenvalue weighted by atomic mass is 10.2. The summed E-state index contributed by atoms with van der Waals surface area (Å²) in [6.45, 7) is 1.65. The first kappa shape index (κ1) is 6.71. The van der Waals surface area contributed by atoms with Crippen molar-refractivity contribution >= 4 is 5.78 Å². The molecule has 3 heteroatoms. The summed E-state index contributed by atoms with van der Waals surface area (Å²) in [7, 11) is 0. The standard InChI is InChI=1S/C6H10O3/c1-4-2-5(8)6(3-7)9-4/h4,6-7H,2-3H2,1H3. The lowest BCUT2D eigenvalue weighted by molar-refractivity contribution is -0.124. The number of ether oxygens (including phenoxy) is 1.